The van der Waals surface area contributed by atoms with E-state index < -0.39 is 6.67 Å². The summed E-state index contributed by atoms with van der Waals surface area (Å²) in [6.07, 6.45) is 5.41. The molecular weight excluding hydrogens is 279 g/mol. The summed E-state index contributed by atoms with van der Waals surface area (Å²) in [5.41, 5.74) is 1.20. The van der Waals surface area contributed by atoms with Crippen molar-refractivity contribution in [1.29, 1.82) is 0 Å². The van der Waals surface area contributed by atoms with Gasteiger partial charge in [-0.25, -0.2) is 4.39 Å². The van der Waals surface area contributed by atoms with Gasteiger partial charge in [0, 0.05) is 11.1 Å². The molecule has 0 spiro atoms. The standard InChI is InChI=1S/C19H21FO2/c1-13-2-6-16(7-3-13)22-19-9-5-15-10-14(12-21)4-8-17(15)18(19)11-20/h4-5,8-10,12-13,16H,2-3,6-7,11H2,1H3/t13-,16+. The first-order valence-electron chi connectivity index (χ1n) is 7.94. The Bertz CT molecular complexity index is 672. The second-order valence-corrected chi connectivity index (χ2v) is 6.27. The zero-order chi connectivity index (χ0) is 15.5. The highest BCUT2D eigenvalue weighted by molar-refractivity contribution is 5.92. The summed E-state index contributed by atoms with van der Waals surface area (Å²) in [5.74, 6) is 1.41. The molecule has 1 fully saturated rings. The van der Waals surface area contributed by atoms with E-state index >= 15 is 0 Å². The Hall–Kier alpha value is -1.90. The summed E-state index contributed by atoms with van der Waals surface area (Å²) in [6.45, 7) is 1.71. The molecule has 0 saturated heterocycles. The van der Waals surface area contributed by atoms with Crippen LogP contribution in [0.4, 0.5) is 4.39 Å². The molecule has 0 aromatic heterocycles. The fourth-order valence-corrected chi connectivity index (χ4v) is 3.24. The maximum atomic E-state index is 13.6. The van der Waals surface area contributed by atoms with Crippen LogP contribution in [0, 0.1) is 5.92 Å². The normalized spacial score (nSPS) is 21.7. The molecule has 0 atom stereocenters. The minimum absolute atomic E-state index is 0.188. The maximum absolute atomic E-state index is 13.6. The number of hydrogen-bond acceptors (Lipinski definition) is 2. The number of aldehydes is 1. The van der Waals surface area contributed by atoms with Crippen LogP contribution >= 0.6 is 0 Å². The fraction of sp³-hybridized carbons (Fsp3) is 0.421. The van der Waals surface area contributed by atoms with Gasteiger partial charge in [0.1, 0.15) is 18.7 Å². The van der Waals surface area contributed by atoms with Crippen LogP contribution in [0.2, 0.25) is 0 Å². The van der Waals surface area contributed by atoms with E-state index in [1.54, 1.807) is 12.1 Å². The first-order valence-corrected chi connectivity index (χ1v) is 7.94. The Morgan fingerprint density at radius 3 is 2.64 bits per heavy atom. The first-order chi connectivity index (χ1) is 10.7. The van der Waals surface area contributed by atoms with E-state index in [0.717, 1.165) is 35.8 Å². The molecule has 0 amide bonds. The van der Waals surface area contributed by atoms with Crippen molar-refractivity contribution in [2.75, 3.05) is 0 Å². The number of alkyl halides is 1. The number of benzene rings is 2. The van der Waals surface area contributed by atoms with Crippen LogP contribution < -0.4 is 4.74 Å². The van der Waals surface area contributed by atoms with Crippen molar-refractivity contribution in [1.82, 2.24) is 0 Å². The summed E-state index contributed by atoms with van der Waals surface area (Å²) in [4.78, 5) is 10.9. The SMILES string of the molecule is C[C@H]1CC[C@@H](Oc2ccc3cc(C=O)ccc3c2CF)CC1. The van der Waals surface area contributed by atoms with Crippen LogP contribution in [0.3, 0.4) is 0 Å². The van der Waals surface area contributed by atoms with Crippen molar-refractivity contribution in [2.24, 2.45) is 5.92 Å². The van der Waals surface area contributed by atoms with E-state index in [4.69, 9.17) is 4.74 Å². The molecule has 2 aromatic carbocycles. The lowest BCUT2D eigenvalue weighted by Gasteiger charge is -2.27. The van der Waals surface area contributed by atoms with E-state index in [0.29, 0.717) is 16.9 Å². The number of carbonyl (C=O) groups excluding carboxylic acids is 1. The van der Waals surface area contributed by atoms with E-state index in [-0.39, 0.29) is 6.10 Å². The molecule has 0 N–H and O–H groups in total. The van der Waals surface area contributed by atoms with Gasteiger partial charge in [-0.15, -0.1) is 0 Å². The van der Waals surface area contributed by atoms with Crippen molar-refractivity contribution >= 4 is 17.1 Å². The van der Waals surface area contributed by atoms with Gasteiger partial charge in [-0.3, -0.25) is 4.79 Å². The van der Waals surface area contributed by atoms with Crippen molar-refractivity contribution in [2.45, 2.75) is 45.4 Å². The highest BCUT2D eigenvalue weighted by atomic mass is 19.1. The maximum Gasteiger partial charge on any atom is 0.150 e. The van der Waals surface area contributed by atoms with Gasteiger partial charge < -0.3 is 4.74 Å². The van der Waals surface area contributed by atoms with Crippen molar-refractivity contribution < 1.29 is 13.9 Å². The Morgan fingerprint density at radius 1 is 1.18 bits per heavy atom. The Balaban J connectivity index is 1.91. The average Bonchev–Trinajstić information content (AvgIpc) is 2.56. The Morgan fingerprint density at radius 2 is 1.95 bits per heavy atom. The number of fused-ring (bicyclic) bond motifs is 1. The molecule has 3 rings (SSSR count). The first kappa shape index (κ1) is 15.0. The third kappa shape index (κ3) is 2.99. The molecule has 22 heavy (non-hydrogen) atoms. The van der Waals surface area contributed by atoms with Crippen LogP contribution in [-0.4, -0.2) is 12.4 Å². The predicted molar refractivity (Wildman–Crippen MR) is 86.2 cm³/mol. The smallest absolute Gasteiger partial charge is 0.150 e. The summed E-state index contributed by atoms with van der Waals surface area (Å²) >= 11 is 0. The zero-order valence-electron chi connectivity index (χ0n) is 12.8. The van der Waals surface area contributed by atoms with Gasteiger partial charge in [-0.05, 0) is 54.5 Å². The highest BCUT2D eigenvalue weighted by Gasteiger charge is 2.21. The molecule has 3 heteroatoms. The Labute approximate surface area is 130 Å². The minimum Gasteiger partial charge on any atom is -0.490 e. The fourth-order valence-electron chi connectivity index (χ4n) is 3.24. The number of ether oxygens (including phenoxy) is 1. The average molecular weight is 300 g/mol. The molecular formula is C19H21FO2. The second kappa shape index (κ2) is 6.47. The molecule has 1 aliphatic rings. The van der Waals surface area contributed by atoms with E-state index in [2.05, 4.69) is 6.92 Å². The van der Waals surface area contributed by atoms with Gasteiger partial charge in [0.15, 0.2) is 0 Å². The largest absolute Gasteiger partial charge is 0.490 e. The Kier molecular flexibility index (Phi) is 4.41. The van der Waals surface area contributed by atoms with Crippen molar-refractivity contribution in [3.63, 3.8) is 0 Å². The lowest BCUT2D eigenvalue weighted by molar-refractivity contribution is 0.112. The lowest BCUT2D eigenvalue weighted by Crippen LogP contribution is -2.23. The van der Waals surface area contributed by atoms with Gasteiger partial charge in [0.05, 0.1) is 6.10 Å². The van der Waals surface area contributed by atoms with E-state index in [1.165, 1.54) is 12.8 Å². The summed E-state index contributed by atoms with van der Waals surface area (Å²) in [5, 5.41) is 1.71. The second-order valence-electron chi connectivity index (χ2n) is 6.27. The third-order valence-corrected chi connectivity index (χ3v) is 4.64. The molecule has 2 aromatic rings. The third-order valence-electron chi connectivity index (χ3n) is 4.64. The predicted octanol–water partition coefficient (Wildman–Crippen LogP) is 5.08. The summed E-state index contributed by atoms with van der Waals surface area (Å²) in [6, 6.07) is 9.06. The molecule has 1 aliphatic carbocycles. The molecule has 0 bridgehead atoms. The van der Waals surface area contributed by atoms with Gasteiger partial charge >= 0.3 is 0 Å². The van der Waals surface area contributed by atoms with Crippen LogP contribution in [0.15, 0.2) is 30.3 Å². The molecule has 116 valence electrons. The van der Waals surface area contributed by atoms with Gasteiger partial charge in [0.2, 0.25) is 0 Å². The molecule has 0 heterocycles. The molecule has 0 unspecified atom stereocenters. The zero-order valence-corrected chi connectivity index (χ0v) is 12.8. The summed E-state index contributed by atoms with van der Waals surface area (Å²) in [7, 11) is 0. The number of carbonyl (C=O) groups is 1. The highest BCUT2D eigenvalue weighted by Crippen LogP contribution is 2.33. The monoisotopic (exact) mass is 300 g/mol. The minimum atomic E-state index is -0.559. The van der Waals surface area contributed by atoms with Crippen LogP contribution in [0.25, 0.3) is 10.8 Å². The van der Waals surface area contributed by atoms with Gasteiger partial charge in [-0.1, -0.05) is 25.1 Å². The lowest BCUT2D eigenvalue weighted by atomic mass is 9.89. The van der Waals surface area contributed by atoms with E-state index in [9.17, 15) is 9.18 Å². The number of rotatable bonds is 4. The molecule has 0 aliphatic heterocycles. The number of halogens is 1. The molecule has 1 saturated carbocycles. The van der Waals surface area contributed by atoms with Crippen LogP contribution in [-0.2, 0) is 6.67 Å². The van der Waals surface area contributed by atoms with Crippen molar-refractivity contribution in [3.8, 4) is 5.75 Å². The quantitative estimate of drug-likeness (QED) is 0.736. The van der Waals surface area contributed by atoms with Crippen LogP contribution in [0.5, 0.6) is 5.75 Å². The molecule has 0 radical (unpaired) electrons. The molecule has 2 nitrogen and oxygen atoms in total. The van der Waals surface area contributed by atoms with Gasteiger partial charge in [-0.2, -0.15) is 0 Å². The topological polar surface area (TPSA) is 26.3 Å². The van der Waals surface area contributed by atoms with Crippen LogP contribution in [0.1, 0.15) is 48.5 Å². The van der Waals surface area contributed by atoms with E-state index in [1.807, 2.05) is 18.2 Å². The van der Waals surface area contributed by atoms with Gasteiger partial charge in [0.25, 0.3) is 0 Å². The number of hydrogen-bond donors (Lipinski definition) is 0. The summed E-state index contributed by atoms with van der Waals surface area (Å²) < 4.78 is 19.6. The van der Waals surface area contributed by atoms with Crippen molar-refractivity contribution in [3.05, 3.63) is 41.5 Å².